The molecule has 0 spiro atoms. The summed E-state index contributed by atoms with van der Waals surface area (Å²) in [6.07, 6.45) is 2.14. The van der Waals surface area contributed by atoms with Crippen LogP contribution in [0.1, 0.15) is 15.9 Å². The number of amides is 1. The molecule has 1 aromatic heterocycles. The topological polar surface area (TPSA) is 64.4 Å². The van der Waals surface area contributed by atoms with Gasteiger partial charge in [-0.05, 0) is 42.3 Å². The lowest BCUT2D eigenvalue weighted by molar-refractivity contribution is 0.0954. The van der Waals surface area contributed by atoms with Gasteiger partial charge in [-0.1, -0.05) is 12.1 Å². The molecule has 0 atom stereocenters. The largest absolute Gasteiger partial charge is 0.497 e. The summed E-state index contributed by atoms with van der Waals surface area (Å²) >= 11 is 0. The summed E-state index contributed by atoms with van der Waals surface area (Å²) in [5.74, 6) is 0.708. The number of oxazole rings is 1. The van der Waals surface area contributed by atoms with Gasteiger partial charge in [0.05, 0.1) is 7.11 Å². The Hall–Kier alpha value is -2.82. The normalized spacial score (nSPS) is 10.6. The van der Waals surface area contributed by atoms with Crippen molar-refractivity contribution in [2.45, 2.75) is 6.42 Å². The Morgan fingerprint density at radius 1 is 1.23 bits per heavy atom. The van der Waals surface area contributed by atoms with E-state index in [1.165, 1.54) is 6.39 Å². The summed E-state index contributed by atoms with van der Waals surface area (Å²) in [6, 6.07) is 13.0. The molecule has 112 valence electrons. The Bertz CT molecular complexity index is 778. The number of carbonyl (C=O) groups excluding carboxylic acids is 1. The number of hydrogen-bond acceptors (Lipinski definition) is 4. The molecule has 0 aliphatic rings. The van der Waals surface area contributed by atoms with Crippen molar-refractivity contribution in [3.05, 3.63) is 60.0 Å². The van der Waals surface area contributed by atoms with E-state index in [9.17, 15) is 4.79 Å². The predicted molar refractivity (Wildman–Crippen MR) is 83.0 cm³/mol. The van der Waals surface area contributed by atoms with Crippen LogP contribution >= 0.6 is 0 Å². The van der Waals surface area contributed by atoms with E-state index >= 15 is 0 Å². The highest BCUT2D eigenvalue weighted by atomic mass is 16.5. The molecule has 22 heavy (non-hydrogen) atoms. The Kier molecular flexibility index (Phi) is 4.05. The third-order valence-electron chi connectivity index (χ3n) is 3.45. The average Bonchev–Trinajstić information content (AvgIpc) is 3.03. The number of nitrogens with zero attached hydrogens (tertiary/aromatic N) is 1. The molecular formula is C17H16N2O3. The number of aromatic nitrogens is 1. The van der Waals surface area contributed by atoms with Gasteiger partial charge in [-0.2, -0.15) is 0 Å². The van der Waals surface area contributed by atoms with Crippen molar-refractivity contribution in [3.8, 4) is 5.75 Å². The number of methoxy groups -OCH3 is 1. The second kappa shape index (κ2) is 6.30. The van der Waals surface area contributed by atoms with Gasteiger partial charge in [-0.25, -0.2) is 4.98 Å². The SMILES string of the molecule is COc1ccc(CCNC(=O)c2ccc3ncoc3c2)cc1. The number of fused-ring (bicyclic) bond motifs is 1. The predicted octanol–water partition coefficient (Wildman–Crippen LogP) is 2.81. The summed E-state index contributed by atoms with van der Waals surface area (Å²) in [7, 11) is 1.64. The van der Waals surface area contributed by atoms with Crippen LogP contribution in [-0.2, 0) is 6.42 Å². The van der Waals surface area contributed by atoms with Gasteiger partial charge in [0.25, 0.3) is 5.91 Å². The van der Waals surface area contributed by atoms with E-state index in [0.29, 0.717) is 17.7 Å². The molecule has 0 bridgehead atoms. The maximum Gasteiger partial charge on any atom is 0.251 e. The second-order valence-corrected chi connectivity index (χ2v) is 4.89. The van der Waals surface area contributed by atoms with Gasteiger partial charge in [-0.3, -0.25) is 4.79 Å². The number of rotatable bonds is 5. The molecule has 0 radical (unpaired) electrons. The molecule has 5 nitrogen and oxygen atoms in total. The number of hydrogen-bond donors (Lipinski definition) is 1. The Balaban J connectivity index is 1.57. The molecule has 0 aliphatic heterocycles. The lowest BCUT2D eigenvalue weighted by Gasteiger charge is -2.06. The standard InChI is InChI=1S/C17H16N2O3/c1-21-14-5-2-12(3-6-14)8-9-18-17(20)13-4-7-15-16(10-13)22-11-19-15/h2-7,10-11H,8-9H2,1H3,(H,18,20). The molecular weight excluding hydrogens is 280 g/mol. The highest BCUT2D eigenvalue weighted by molar-refractivity contribution is 5.96. The minimum absolute atomic E-state index is 0.119. The van der Waals surface area contributed by atoms with Crippen LogP contribution in [0.25, 0.3) is 11.1 Å². The van der Waals surface area contributed by atoms with Crippen molar-refractivity contribution in [2.75, 3.05) is 13.7 Å². The number of ether oxygens (including phenoxy) is 1. The van der Waals surface area contributed by atoms with E-state index in [0.717, 1.165) is 23.3 Å². The molecule has 3 aromatic rings. The van der Waals surface area contributed by atoms with Gasteiger partial charge >= 0.3 is 0 Å². The third-order valence-corrected chi connectivity index (χ3v) is 3.45. The van der Waals surface area contributed by atoms with E-state index < -0.39 is 0 Å². The molecule has 0 saturated heterocycles. The maximum absolute atomic E-state index is 12.1. The zero-order chi connectivity index (χ0) is 15.4. The molecule has 1 amide bonds. The summed E-state index contributed by atoms with van der Waals surface area (Å²) in [6.45, 7) is 0.569. The van der Waals surface area contributed by atoms with Crippen LogP contribution in [0.4, 0.5) is 0 Å². The van der Waals surface area contributed by atoms with Gasteiger partial charge in [0, 0.05) is 12.1 Å². The Labute approximate surface area is 127 Å². The van der Waals surface area contributed by atoms with E-state index in [1.54, 1.807) is 25.3 Å². The first-order valence-electron chi connectivity index (χ1n) is 7.00. The summed E-state index contributed by atoms with van der Waals surface area (Å²) < 4.78 is 10.3. The summed E-state index contributed by atoms with van der Waals surface area (Å²) in [5.41, 5.74) is 3.07. The first kappa shape index (κ1) is 14.1. The van der Waals surface area contributed by atoms with Gasteiger partial charge in [0.15, 0.2) is 12.0 Å². The van der Waals surface area contributed by atoms with Crippen molar-refractivity contribution in [2.24, 2.45) is 0 Å². The van der Waals surface area contributed by atoms with Crippen LogP contribution in [-0.4, -0.2) is 24.5 Å². The fraction of sp³-hybridized carbons (Fsp3) is 0.176. The lowest BCUT2D eigenvalue weighted by atomic mass is 10.1. The fourth-order valence-corrected chi connectivity index (χ4v) is 2.21. The van der Waals surface area contributed by atoms with Crippen LogP contribution < -0.4 is 10.1 Å². The first-order valence-corrected chi connectivity index (χ1v) is 7.00. The molecule has 0 aliphatic carbocycles. The zero-order valence-corrected chi connectivity index (χ0v) is 12.2. The second-order valence-electron chi connectivity index (χ2n) is 4.89. The fourth-order valence-electron chi connectivity index (χ4n) is 2.21. The molecule has 2 aromatic carbocycles. The quantitative estimate of drug-likeness (QED) is 0.786. The summed E-state index contributed by atoms with van der Waals surface area (Å²) in [4.78, 5) is 16.1. The van der Waals surface area contributed by atoms with Crippen molar-refractivity contribution in [1.82, 2.24) is 10.3 Å². The van der Waals surface area contributed by atoms with Gasteiger partial charge < -0.3 is 14.5 Å². The smallest absolute Gasteiger partial charge is 0.251 e. The lowest BCUT2D eigenvalue weighted by Crippen LogP contribution is -2.25. The third kappa shape index (κ3) is 3.09. The Morgan fingerprint density at radius 3 is 2.82 bits per heavy atom. The van der Waals surface area contributed by atoms with E-state index in [4.69, 9.17) is 9.15 Å². The molecule has 1 N–H and O–H groups in total. The molecule has 0 unspecified atom stereocenters. The minimum Gasteiger partial charge on any atom is -0.497 e. The van der Waals surface area contributed by atoms with Gasteiger partial charge in [0.1, 0.15) is 11.3 Å². The molecule has 0 saturated carbocycles. The highest BCUT2D eigenvalue weighted by Crippen LogP contribution is 2.14. The zero-order valence-electron chi connectivity index (χ0n) is 12.2. The molecule has 5 heteroatoms. The Morgan fingerprint density at radius 2 is 2.05 bits per heavy atom. The van der Waals surface area contributed by atoms with Crippen molar-refractivity contribution in [1.29, 1.82) is 0 Å². The van der Waals surface area contributed by atoms with Crippen LogP contribution in [0.15, 0.2) is 53.3 Å². The van der Waals surface area contributed by atoms with E-state index in [2.05, 4.69) is 10.3 Å². The van der Waals surface area contributed by atoms with Crippen molar-refractivity contribution in [3.63, 3.8) is 0 Å². The highest BCUT2D eigenvalue weighted by Gasteiger charge is 2.07. The van der Waals surface area contributed by atoms with Crippen LogP contribution in [0, 0.1) is 0 Å². The van der Waals surface area contributed by atoms with E-state index in [-0.39, 0.29) is 5.91 Å². The number of carbonyl (C=O) groups is 1. The van der Waals surface area contributed by atoms with E-state index in [1.807, 2.05) is 24.3 Å². The maximum atomic E-state index is 12.1. The average molecular weight is 296 g/mol. The van der Waals surface area contributed by atoms with Crippen LogP contribution in [0.5, 0.6) is 5.75 Å². The molecule has 0 fully saturated rings. The van der Waals surface area contributed by atoms with Crippen LogP contribution in [0.2, 0.25) is 0 Å². The summed E-state index contributed by atoms with van der Waals surface area (Å²) in [5, 5.41) is 2.90. The van der Waals surface area contributed by atoms with Gasteiger partial charge in [0.2, 0.25) is 0 Å². The monoisotopic (exact) mass is 296 g/mol. The minimum atomic E-state index is -0.119. The van der Waals surface area contributed by atoms with Crippen LogP contribution in [0.3, 0.4) is 0 Å². The molecule has 3 rings (SSSR count). The van der Waals surface area contributed by atoms with Gasteiger partial charge in [-0.15, -0.1) is 0 Å². The molecule has 1 heterocycles. The first-order chi connectivity index (χ1) is 10.8. The van der Waals surface area contributed by atoms with Crippen molar-refractivity contribution >= 4 is 17.0 Å². The van der Waals surface area contributed by atoms with Crippen molar-refractivity contribution < 1.29 is 13.9 Å². The number of nitrogens with one attached hydrogen (secondary N) is 1. The number of benzene rings is 2.